The van der Waals surface area contributed by atoms with Crippen molar-refractivity contribution in [3.8, 4) is 0 Å². The van der Waals surface area contributed by atoms with E-state index in [2.05, 4.69) is 6.58 Å². The lowest BCUT2D eigenvalue weighted by Gasteiger charge is -2.17. The third kappa shape index (κ3) is 1.57. The minimum absolute atomic E-state index is 0.138. The summed E-state index contributed by atoms with van der Waals surface area (Å²) in [5, 5.41) is 1.88. The van der Waals surface area contributed by atoms with E-state index in [0.29, 0.717) is 16.2 Å². The smallest absolute Gasteiger partial charge is 0.187 e. The van der Waals surface area contributed by atoms with Crippen molar-refractivity contribution >= 4 is 45.6 Å². The number of carbonyl (C=O) groups is 2. The number of ketones is 1. The van der Waals surface area contributed by atoms with Gasteiger partial charge < -0.3 is 0 Å². The highest BCUT2D eigenvalue weighted by atomic mass is 35.5. The highest BCUT2D eigenvalue weighted by Crippen LogP contribution is 2.37. The summed E-state index contributed by atoms with van der Waals surface area (Å²) in [5.74, 6) is -0.138. The SMILES string of the molecule is C=Cc1ccc2c3c(ccc(C=O)c13)C(Cl)=CC2=O. The molecule has 0 saturated heterocycles. The maximum absolute atomic E-state index is 12.0. The minimum atomic E-state index is -0.138. The monoisotopic (exact) mass is 268 g/mol. The second-order valence-electron chi connectivity index (χ2n) is 4.33. The molecule has 0 atom stereocenters. The molecule has 0 amide bonds. The Morgan fingerprint density at radius 3 is 2.37 bits per heavy atom. The molecule has 1 aliphatic rings. The van der Waals surface area contributed by atoms with Crippen molar-refractivity contribution in [2.45, 2.75) is 0 Å². The number of halogens is 1. The predicted molar refractivity (Wildman–Crippen MR) is 77.6 cm³/mol. The Morgan fingerprint density at radius 2 is 1.68 bits per heavy atom. The molecule has 0 aliphatic heterocycles. The first-order chi connectivity index (χ1) is 9.17. The molecule has 2 aromatic carbocycles. The molecule has 0 unspecified atom stereocenters. The average molecular weight is 269 g/mol. The van der Waals surface area contributed by atoms with Crippen molar-refractivity contribution in [3.05, 3.63) is 59.2 Å². The van der Waals surface area contributed by atoms with Crippen LogP contribution < -0.4 is 0 Å². The summed E-state index contributed by atoms with van der Waals surface area (Å²) in [6, 6.07) is 7.03. The van der Waals surface area contributed by atoms with Gasteiger partial charge in [-0.15, -0.1) is 0 Å². The summed E-state index contributed by atoms with van der Waals surface area (Å²) < 4.78 is 0. The van der Waals surface area contributed by atoms with E-state index in [9.17, 15) is 9.59 Å². The second kappa shape index (κ2) is 4.18. The van der Waals surface area contributed by atoms with Crippen LogP contribution in [0.3, 0.4) is 0 Å². The lowest BCUT2D eigenvalue weighted by molar-refractivity contribution is 0.104. The number of hydrogen-bond acceptors (Lipinski definition) is 2. The topological polar surface area (TPSA) is 34.1 Å². The van der Waals surface area contributed by atoms with Gasteiger partial charge in [-0.1, -0.05) is 42.5 Å². The van der Waals surface area contributed by atoms with Gasteiger partial charge in [0.05, 0.1) is 5.03 Å². The van der Waals surface area contributed by atoms with Crippen LogP contribution in [0.2, 0.25) is 0 Å². The number of rotatable bonds is 2. The zero-order chi connectivity index (χ0) is 13.6. The highest BCUT2D eigenvalue weighted by Gasteiger charge is 2.21. The molecular weight excluding hydrogens is 260 g/mol. The van der Waals surface area contributed by atoms with Gasteiger partial charge in [-0.3, -0.25) is 9.59 Å². The Morgan fingerprint density at radius 1 is 1.00 bits per heavy atom. The van der Waals surface area contributed by atoms with Gasteiger partial charge in [0, 0.05) is 33.5 Å². The number of benzene rings is 2. The van der Waals surface area contributed by atoms with Crippen LogP contribution in [0.15, 0.2) is 36.9 Å². The van der Waals surface area contributed by atoms with Gasteiger partial charge in [-0.2, -0.15) is 0 Å². The van der Waals surface area contributed by atoms with E-state index in [0.717, 1.165) is 28.2 Å². The van der Waals surface area contributed by atoms with E-state index in [1.54, 1.807) is 30.3 Å². The largest absolute Gasteiger partial charge is 0.298 e. The summed E-state index contributed by atoms with van der Waals surface area (Å²) >= 11 is 6.13. The fraction of sp³-hybridized carbons (Fsp3) is 0. The first kappa shape index (κ1) is 11.9. The maximum atomic E-state index is 12.0. The normalized spacial score (nSPS) is 13.3. The van der Waals surface area contributed by atoms with E-state index in [4.69, 9.17) is 11.6 Å². The molecule has 0 saturated carbocycles. The molecule has 2 nitrogen and oxygen atoms in total. The summed E-state index contributed by atoms with van der Waals surface area (Å²) in [4.78, 5) is 23.2. The zero-order valence-electron chi connectivity index (χ0n) is 9.94. The molecule has 2 aromatic rings. The van der Waals surface area contributed by atoms with Crippen LogP contribution in [0, 0.1) is 0 Å². The highest BCUT2D eigenvalue weighted by molar-refractivity contribution is 6.53. The predicted octanol–water partition coefficient (Wildman–Crippen LogP) is 4.07. The first-order valence-electron chi connectivity index (χ1n) is 5.76. The minimum Gasteiger partial charge on any atom is -0.298 e. The molecule has 0 bridgehead atoms. The van der Waals surface area contributed by atoms with Crippen LogP contribution in [-0.2, 0) is 0 Å². The summed E-state index contributed by atoms with van der Waals surface area (Å²) in [7, 11) is 0. The summed E-state index contributed by atoms with van der Waals surface area (Å²) in [6.07, 6.45) is 3.87. The molecule has 92 valence electrons. The zero-order valence-corrected chi connectivity index (χ0v) is 10.7. The maximum Gasteiger partial charge on any atom is 0.187 e. The molecule has 0 N–H and O–H groups in total. The van der Waals surface area contributed by atoms with Crippen LogP contribution in [0.1, 0.15) is 31.8 Å². The molecule has 0 spiro atoms. The van der Waals surface area contributed by atoms with E-state index < -0.39 is 0 Å². The Labute approximate surface area is 115 Å². The average Bonchev–Trinajstić information content (AvgIpc) is 2.43. The van der Waals surface area contributed by atoms with Crippen LogP contribution in [0.25, 0.3) is 21.9 Å². The van der Waals surface area contributed by atoms with Gasteiger partial charge in [-0.05, 0) is 11.6 Å². The summed E-state index contributed by atoms with van der Waals surface area (Å²) in [6.45, 7) is 3.75. The van der Waals surface area contributed by atoms with Gasteiger partial charge in [0.1, 0.15) is 0 Å². The van der Waals surface area contributed by atoms with E-state index in [1.807, 2.05) is 0 Å². The van der Waals surface area contributed by atoms with Crippen molar-refractivity contribution in [1.82, 2.24) is 0 Å². The molecule has 3 rings (SSSR count). The van der Waals surface area contributed by atoms with Crippen molar-refractivity contribution in [1.29, 1.82) is 0 Å². The molecule has 19 heavy (non-hydrogen) atoms. The fourth-order valence-electron chi connectivity index (χ4n) is 2.49. The van der Waals surface area contributed by atoms with Crippen LogP contribution in [-0.4, -0.2) is 12.1 Å². The lowest BCUT2D eigenvalue weighted by Crippen LogP contribution is -2.05. The van der Waals surface area contributed by atoms with Crippen LogP contribution >= 0.6 is 11.6 Å². The fourth-order valence-corrected chi connectivity index (χ4v) is 2.75. The van der Waals surface area contributed by atoms with Crippen molar-refractivity contribution in [3.63, 3.8) is 0 Å². The van der Waals surface area contributed by atoms with Gasteiger partial charge in [0.25, 0.3) is 0 Å². The van der Waals surface area contributed by atoms with E-state index >= 15 is 0 Å². The first-order valence-corrected chi connectivity index (χ1v) is 6.14. The third-order valence-corrected chi connectivity index (χ3v) is 3.67. The van der Waals surface area contributed by atoms with E-state index in [1.165, 1.54) is 6.08 Å². The van der Waals surface area contributed by atoms with Crippen molar-refractivity contribution in [2.24, 2.45) is 0 Å². The van der Waals surface area contributed by atoms with E-state index in [-0.39, 0.29) is 5.78 Å². The summed E-state index contributed by atoms with van der Waals surface area (Å²) in [5.41, 5.74) is 2.71. The standard InChI is InChI=1S/C16H9ClO2/c1-2-9-3-6-12-14(19)7-13(17)11-5-4-10(8-18)15(9)16(11)12/h2-8H,1H2. The van der Waals surface area contributed by atoms with Gasteiger partial charge in [-0.25, -0.2) is 0 Å². The third-order valence-electron chi connectivity index (χ3n) is 3.35. The Hall–Kier alpha value is -2.19. The molecule has 0 fully saturated rings. The molecule has 0 aromatic heterocycles. The number of aldehydes is 1. The molecule has 0 heterocycles. The Kier molecular flexibility index (Phi) is 2.61. The lowest BCUT2D eigenvalue weighted by atomic mass is 9.87. The van der Waals surface area contributed by atoms with Crippen molar-refractivity contribution < 1.29 is 9.59 Å². The molecular formula is C16H9ClO2. The van der Waals surface area contributed by atoms with Gasteiger partial charge in [0.15, 0.2) is 12.1 Å². The van der Waals surface area contributed by atoms with Gasteiger partial charge >= 0.3 is 0 Å². The molecule has 3 heteroatoms. The Bertz CT molecular complexity index is 771. The van der Waals surface area contributed by atoms with Gasteiger partial charge in [0.2, 0.25) is 0 Å². The molecule has 0 radical (unpaired) electrons. The number of carbonyl (C=O) groups excluding carboxylic acids is 2. The van der Waals surface area contributed by atoms with Crippen LogP contribution in [0.5, 0.6) is 0 Å². The second-order valence-corrected chi connectivity index (χ2v) is 4.74. The molecule has 1 aliphatic carbocycles. The van der Waals surface area contributed by atoms with Crippen LogP contribution in [0.4, 0.5) is 0 Å². The number of allylic oxidation sites excluding steroid dienone is 1. The number of hydrogen-bond donors (Lipinski definition) is 0. The Balaban J connectivity index is 2.61. The quantitative estimate of drug-likeness (QED) is 0.770. The van der Waals surface area contributed by atoms with Crippen molar-refractivity contribution in [2.75, 3.05) is 0 Å².